The van der Waals surface area contributed by atoms with E-state index in [9.17, 15) is 4.79 Å². The topological polar surface area (TPSA) is 30.0 Å². The SMILES string of the molecule is CC(C(=O)CCC1CCCCC1)c1ccccn1. The number of pyridine rings is 1. The molecule has 0 amide bonds. The molecule has 2 nitrogen and oxygen atoms in total. The fourth-order valence-corrected chi connectivity index (χ4v) is 2.84. The van der Waals surface area contributed by atoms with E-state index in [4.69, 9.17) is 0 Å². The molecule has 98 valence electrons. The van der Waals surface area contributed by atoms with Crippen molar-refractivity contribution in [1.82, 2.24) is 4.98 Å². The van der Waals surface area contributed by atoms with Crippen molar-refractivity contribution in [3.8, 4) is 0 Å². The Morgan fingerprint density at radius 3 is 2.78 bits per heavy atom. The summed E-state index contributed by atoms with van der Waals surface area (Å²) in [5.74, 6) is 1.09. The number of rotatable bonds is 5. The predicted molar refractivity (Wildman–Crippen MR) is 73.5 cm³/mol. The molecule has 2 rings (SSSR count). The predicted octanol–water partition coefficient (Wildman–Crippen LogP) is 4.11. The van der Waals surface area contributed by atoms with Crippen molar-refractivity contribution in [3.05, 3.63) is 30.1 Å². The molecule has 1 heterocycles. The highest BCUT2D eigenvalue weighted by Crippen LogP contribution is 2.28. The van der Waals surface area contributed by atoms with E-state index >= 15 is 0 Å². The fraction of sp³-hybridized carbons (Fsp3) is 0.625. The van der Waals surface area contributed by atoms with Gasteiger partial charge in [0.15, 0.2) is 0 Å². The Labute approximate surface area is 110 Å². The standard InChI is InChI=1S/C16H23NO/c1-13(15-9-5-6-12-17-15)16(18)11-10-14-7-3-2-4-8-14/h5-6,9,12-14H,2-4,7-8,10-11H2,1H3. The van der Waals surface area contributed by atoms with Gasteiger partial charge in [-0.15, -0.1) is 0 Å². The Morgan fingerprint density at radius 2 is 2.11 bits per heavy atom. The van der Waals surface area contributed by atoms with E-state index in [1.54, 1.807) is 6.20 Å². The van der Waals surface area contributed by atoms with Gasteiger partial charge in [-0.2, -0.15) is 0 Å². The molecule has 1 aliphatic rings. The summed E-state index contributed by atoms with van der Waals surface area (Å²) < 4.78 is 0. The van der Waals surface area contributed by atoms with E-state index in [0.717, 1.165) is 24.5 Å². The van der Waals surface area contributed by atoms with Gasteiger partial charge in [0.25, 0.3) is 0 Å². The number of carbonyl (C=O) groups is 1. The van der Waals surface area contributed by atoms with Crippen LogP contribution in [-0.4, -0.2) is 10.8 Å². The number of Topliss-reactive ketones (excluding diaryl/α,β-unsaturated/α-hetero) is 1. The maximum absolute atomic E-state index is 12.1. The number of nitrogens with zero attached hydrogens (tertiary/aromatic N) is 1. The van der Waals surface area contributed by atoms with Gasteiger partial charge < -0.3 is 0 Å². The second kappa shape index (κ2) is 6.67. The van der Waals surface area contributed by atoms with Gasteiger partial charge in [-0.1, -0.05) is 38.2 Å². The summed E-state index contributed by atoms with van der Waals surface area (Å²) >= 11 is 0. The van der Waals surface area contributed by atoms with Gasteiger partial charge in [0.2, 0.25) is 0 Å². The Balaban J connectivity index is 1.80. The zero-order valence-corrected chi connectivity index (χ0v) is 11.3. The van der Waals surface area contributed by atoms with Gasteiger partial charge in [-0.3, -0.25) is 9.78 Å². The van der Waals surface area contributed by atoms with Crippen LogP contribution in [0.3, 0.4) is 0 Å². The lowest BCUT2D eigenvalue weighted by Gasteiger charge is -2.21. The zero-order chi connectivity index (χ0) is 12.8. The van der Waals surface area contributed by atoms with Crippen molar-refractivity contribution in [3.63, 3.8) is 0 Å². The number of hydrogen-bond acceptors (Lipinski definition) is 2. The van der Waals surface area contributed by atoms with Gasteiger partial charge in [0.1, 0.15) is 5.78 Å². The van der Waals surface area contributed by atoms with Gasteiger partial charge in [0.05, 0.1) is 11.6 Å². The van der Waals surface area contributed by atoms with Crippen LogP contribution in [0.2, 0.25) is 0 Å². The lowest BCUT2D eigenvalue weighted by molar-refractivity contribution is -0.120. The third-order valence-corrected chi connectivity index (χ3v) is 4.14. The summed E-state index contributed by atoms with van der Waals surface area (Å²) in [5.41, 5.74) is 0.908. The van der Waals surface area contributed by atoms with Crippen LogP contribution >= 0.6 is 0 Å². The Bertz CT molecular complexity index is 368. The van der Waals surface area contributed by atoms with E-state index in [1.807, 2.05) is 25.1 Å². The number of hydrogen-bond donors (Lipinski definition) is 0. The smallest absolute Gasteiger partial charge is 0.141 e. The van der Waals surface area contributed by atoms with Crippen molar-refractivity contribution in [2.75, 3.05) is 0 Å². The van der Waals surface area contributed by atoms with E-state index in [1.165, 1.54) is 32.1 Å². The minimum Gasteiger partial charge on any atom is -0.299 e. The van der Waals surface area contributed by atoms with Crippen LogP contribution in [0, 0.1) is 5.92 Å². The molecular weight excluding hydrogens is 222 g/mol. The van der Waals surface area contributed by atoms with Gasteiger partial charge >= 0.3 is 0 Å². The Hall–Kier alpha value is -1.18. The normalized spacial score (nSPS) is 18.5. The molecule has 2 heteroatoms. The second-order valence-electron chi connectivity index (χ2n) is 5.49. The van der Waals surface area contributed by atoms with Gasteiger partial charge in [0, 0.05) is 12.6 Å². The summed E-state index contributed by atoms with van der Waals surface area (Å²) in [6.07, 6.45) is 10.3. The molecule has 0 radical (unpaired) electrons. The van der Waals surface area contributed by atoms with E-state index in [2.05, 4.69) is 4.98 Å². The quantitative estimate of drug-likeness (QED) is 0.781. The van der Waals surface area contributed by atoms with Crippen molar-refractivity contribution < 1.29 is 4.79 Å². The van der Waals surface area contributed by atoms with Crippen LogP contribution < -0.4 is 0 Å². The Morgan fingerprint density at radius 1 is 1.33 bits per heavy atom. The first-order valence-corrected chi connectivity index (χ1v) is 7.21. The lowest BCUT2D eigenvalue weighted by Crippen LogP contribution is -2.14. The molecule has 0 aliphatic heterocycles. The molecule has 1 fully saturated rings. The first-order chi connectivity index (χ1) is 8.77. The summed E-state index contributed by atoms with van der Waals surface area (Å²) in [4.78, 5) is 16.4. The second-order valence-corrected chi connectivity index (χ2v) is 5.49. The van der Waals surface area contributed by atoms with Crippen LogP contribution in [0.15, 0.2) is 24.4 Å². The maximum atomic E-state index is 12.1. The van der Waals surface area contributed by atoms with E-state index < -0.39 is 0 Å². The van der Waals surface area contributed by atoms with Crippen molar-refractivity contribution in [2.24, 2.45) is 5.92 Å². The molecular formula is C16H23NO. The lowest BCUT2D eigenvalue weighted by atomic mass is 9.84. The highest BCUT2D eigenvalue weighted by molar-refractivity contribution is 5.84. The summed E-state index contributed by atoms with van der Waals surface area (Å²) in [7, 11) is 0. The first kappa shape index (κ1) is 13.3. The van der Waals surface area contributed by atoms with Crippen LogP contribution in [-0.2, 0) is 4.79 Å². The average molecular weight is 245 g/mol. The molecule has 0 spiro atoms. The largest absolute Gasteiger partial charge is 0.299 e. The molecule has 1 atom stereocenters. The van der Waals surface area contributed by atoms with Gasteiger partial charge in [-0.25, -0.2) is 0 Å². The van der Waals surface area contributed by atoms with Crippen molar-refractivity contribution in [1.29, 1.82) is 0 Å². The fourth-order valence-electron chi connectivity index (χ4n) is 2.84. The Kier molecular flexibility index (Phi) is 4.91. The highest BCUT2D eigenvalue weighted by atomic mass is 16.1. The molecule has 0 saturated heterocycles. The highest BCUT2D eigenvalue weighted by Gasteiger charge is 2.19. The van der Waals surface area contributed by atoms with E-state index in [-0.39, 0.29) is 5.92 Å². The summed E-state index contributed by atoms with van der Waals surface area (Å²) in [6.45, 7) is 1.98. The number of ketones is 1. The molecule has 0 N–H and O–H groups in total. The number of carbonyl (C=O) groups excluding carboxylic acids is 1. The molecule has 0 aromatic carbocycles. The molecule has 1 saturated carbocycles. The van der Waals surface area contributed by atoms with Crippen LogP contribution in [0.25, 0.3) is 0 Å². The average Bonchev–Trinajstić information content (AvgIpc) is 2.46. The third-order valence-electron chi connectivity index (χ3n) is 4.14. The molecule has 0 bridgehead atoms. The van der Waals surface area contributed by atoms with Crippen LogP contribution in [0.1, 0.15) is 63.5 Å². The summed E-state index contributed by atoms with van der Waals surface area (Å²) in [5, 5.41) is 0. The molecule has 1 unspecified atom stereocenters. The molecule has 1 aromatic rings. The zero-order valence-electron chi connectivity index (χ0n) is 11.3. The van der Waals surface area contributed by atoms with Crippen molar-refractivity contribution in [2.45, 2.75) is 57.8 Å². The minimum atomic E-state index is -0.0465. The van der Waals surface area contributed by atoms with Crippen LogP contribution in [0.5, 0.6) is 0 Å². The van der Waals surface area contributed by atoms with Gasteiger partial charge in [-0.05, 0) is 31.4 Å². The minimum absolute atomic E-state index is 0.0465. The van der Waals surface area contributed by atoms with Crippen molar-refractivity contribution >= 4 is 5.78 Å². The third kappa shape index (κ3) is 3.66. The molecule has 1 aliphatic carbocycles. The van der Waals surface area contributed by atoms with Crippen LogP contribution in [0.4, 0.5) is 0 Å². The first-order valence-electron chi connectivity index (χ1n) is 7.21. The summed E-state index contributed by atoms with van der Waals surface area (Å²) in [6, 6.07) is 5.79. The molecule has 1 aromatic heterocycles. The molecule has 18 heavy (non-hydrogen) atoms. The maximum Gasteiger partial charge on any atom is 0.141 e. The monoisotopic (exact) mass is 245 g/mol. The number of aromatic nitrogens is 1. The van der Waals surface area contributed by atoms with E-state index in [0.29, 0.717) is 5.78 Å².